The molecule has 0 radical (unpaired) electrons. The van der Waals surface area contributed by atoms with Gasteiger partial charge in [0.2, 0.25) is 0 Å². The maximum absolute atomic E-state index is 12.0. The van der Waals surface area contributed by atoms with Gasteiger partial charge in [0.1, 0.15) is 16.1 Å². The van der Waals surface area contributed by atoms with Crippen molar-refractivity contribution < 1.29 is 87.1 Å². The number of aromatic amines is 2. The van der Waals surface area contributed by atoms with E-state index in [9.17, 15) is 32.8 Å². The summed E-state index contributed by atoms with van der Waals surface area (Å²) >= 11 is 0. The fourth-order valence-electron chi connectivity index (χ4n) is 1.98. The number of hydrogen-bond acceptors (Lipinski definition) is 11. The van der Waals surface area contributed by atoms with E-state index in [1.165, 1.54) is 0 Å². The minimum Gasteiger partial charge on any atom is -0.744 e. The predicted octanol–water partition coefficient (Wildman–Crippen LogP) is -6.96. The van der Waals surface area contributed by atoms with Gasteiger partial charge in [-0.05, 0) is 18.2 Å². The van der Waals surface area contributed by atoms with Crippen molar-refractivity contribution in [2.75, 3.05) is 0 Å². The van der Waals surface area contributed by atoms with E-state index in [-0.39, 0.29) is 70.0 Å². The maximum Gasteiger partial charge on any atom is 1.00 e. The zero-order valence-electron chi connectivity index (χ0n) is 14.3. The van der Waals surface area contributed by atoms with E-state index in [1.807, 2.05) is 5.10 Å². The molecule has 0 saturated heterocycles. The molecule has 1 aromatic carbocycles. The van der Waals surface area contributed by atoms with Gasteiger partial charge < -0.3 is 24.5 Å². The van der Waals surface area contributed by atoms with Gasteiger partial charge in [-0.1, -0.05) is 0 Å². The number of carboxylic acid groups (broad SMARTS) is 1. The first-order valence-corrected chi connectivity index (χ1v) is 7.98. The van der Waals surface area contributed by atoms with Crippen LogP contribution in [-0.2, 0) is 10.1 Å². The number of hydrogen-bond donors (Lipinski definition) is 3. The van der Waals surface area contributed by atoms with Gasteiger partial charge in [0.15, 0.2) is 17.3 Å². The van der Waals surface area contributed by atoms with Crippen LogP contribution < -0.4 is 69.8 Å². The number of nitrogens with zero attached hydrogens (tertiary/aromatic N) is 4. The molecule has 3 rings (SSSR count). The smallest absolute Gasteiger partial charge is 0.744 e. The van der Waals surface area contributed by atoms with Crippen LogP contribution in [0.25, 0.3) is 10.9 Å². The van der Waals surface area contributed by atoms with Gasteiger partial charge in [0.05, 0.1) is 10.4 Å². The molecule has 0 aliphatic rings. The van der Waals surface area contributed by atoms with Crippen LogP contribution in [0.5, 0.6) is 5.75 Å². The molecule has 3 N–H and O–H groups in total. The van der Waals surface area contributed by atoms with Gasteiger partial charge in [-0.15, -0.1) is 15.3 Å². The van der Waals surface area contributed by atoms with E-state index in [4.69, 9.17) is 0 Å². The molecule has 2 heterocycles. The third kappa shape index (κ3) is 5.03. The van der Waals surface area contributed by atoms with Gasteiger partial charge in [-0.3, -0.25) is 9.89 Å². The second-order valence-corrected chi connectivity index (χ2v) is 6.16. The Hall–Kier alpha value is -1.65. The standard InChI is InChI=1S/C12H8N6O7S.2Na/c19-8-5-3-4(26(23,24)25)1-2-6(5)13-10(20)7(8)15-17-12-14-9(11(21)22)16-18-12;;/h1-3H,(H,21,22)(H2,13,19,20)(H,14,16,18)(H,23,24,25);;/q;2*+1/p-2. The Kier molecular flexibility index (Phi) is 8.04. The van der Waals surface area contributed by atoms with Gasteiger partial charge in [-0.25, -0.2) is 8.42 Å². The van der Waals surface area contributed by atoms with Crippen molar-refractivity contribution in [3.8, 4) is 5.75 Å². The number of aromatic hydroxyl groups is 1. The number of benzene rings is 1. The van der Waals surface area contributed by atoms with E-state index in [1.54, 1.807) is 0 Å². The monoisotopic (exact) mass is 424 g/mol. The van der Waals surface area contributed by atoms with Crippen molar-refractivity contribution >= 4 is 38.6 Å². The van der Waals surface area contributed by atoms with Gasteiger partial charge in [0, 0.05) is 5.39 Å². The number of carboxylic acids is 1. The molecular formula is C12H6N6Na2O7S. The van der Waals surface area contributed by atoms with Gasteiger partial charge in [0.25, 0.3) is 11.5 Å². The molecule has 16 heteroatoms. The first kappa shape index (κ1) is 24.4. The Morgan fingerprint density at radius 3 is 2.46 bits per heavy atom. The molecule has 0 amide bonds. The Labute approximate surface area is 199 Å². The molecule has 0 fully saturated rings. The molecule has 0 unspecified atom stereocenters. The minimum absolute atomic E-state index is 0. The van der Waals surface area contributed by atoms with Gasteiger partial charge in [-0.2, -0.15) is 4.98 Å². The third-order valence-electron chi connectivity index (χ3n) is 3.13. The number of H-pyrrole nitrogens is 2. The number of rotatable bonds is 4. The van der Waals surface area contributed by atoms with E-state index in [2.05, 4.69) is 25.3 Å². The first-order valence-electron chi connectivity index (χ1n) is 6.57. The summed E-state index contributed by atoms with van der Waals surface area (Å²) in [4.78, 5) is 27.6. The molecule has 134 valence electrons. The topological polar surface area (TPSA) is 217 Å². The minimum atomic E-state index is -4.79. The number of pyridine rings is 1. The summed E-state index contributed by atoms with van der Waals surface area (Å²) in [5.41, 5.74) is -1.46. The molecule has 2 aromatic heterocycles. The number of nitrogens with one attached hydrogen (secondary N) is 2. The van der Waals surface area contributed by atoms with E-state index in [0.717, 1.165) is 18.2 Å². The summed E-state index contributed by atoms with van der Waals surface area (Å²) in [5.74, 6) is -3.47. The normalized spacial score (nSPS) is 11.2. The molecule has 0 saturated carbocycles. The predicted molar refractivity (Wildman–Crippen MR) is 79.1 cm³/mol. The SMILES string of the molecule is O=C([O-])c1nc(N=Nc2c(O)c3cc(S(=O)(=O)[O-])ccc3[nH]c2=O)n[nH]1.[Na+].[Na+]. The second kappa shape index (κ2) is 9.23. The molecule has 0 aliphatic carbocycles. The molecule has 0 atom stereocenters. The van der Waals surface area contributed by atoms with Crippen molar-refractivity contribution in [2.24, 2.45) is 10.2 Å². The molecule has 0 aliphatic heterocycles. The van der Waals surface area contributed by atoms with E-state index >= 15 is 0 Å². The molecule has 28 heavy (non-hydrogen) atoms. The van der Waals surface area contributed by atoms with Crippen LogP contribution in [0.15, 0.2) is 38.1 Å². The van der Waals surface area contributed by atoms with Crippen LogP contribution in [0, 0.1) is 0 Å². The van der Waals surface area contributed by atoms with Gasteiger partial charge >= 0.3 is 59.1 Å². The van der Waals surface area contributed by atoms with Crippen LogP contribution in [0.3, 0.4) is 0 Å². The van der Waals surface area contributed by atoms with Crippen LogP contribution >= 0.6 is 0 Å². The zero-order chi connectivity index (χ0) is 19.1. The number of carbonyl (C=O) groups is 1. The largest absolute Gasteiger partial charge is 1.00 e. The summed E-state index contributed by atoms with van der Waals surface area (Å²) in [6.07, 6.45) is 0. The van der Waals surface area contributed by atoms with Crippen LogP contribution in [0.4, 0.5) is 11.6 Å². The third-order valence-corrected chi connectivity index (χ3v) is 3.96. The maximum atomic E-state index is 12.0. The van der Waals surface area contributed by atoms with Crippen LogP contribution in [0.2, 0.25) is 0 Å². The Bertz CT molecular complexity index is 1240. The molecule has 0 bridgehead atoms. The zero-order valence-corrected chi connectivity index (χ0v) is 19.1. The Morgan fingerprint density at radius 2 is 1.89 bits per heavy atom. The first-order chi connectivity index (χ1) is 12.2. The molecule has 0 spiro atoms. The fraction of sp³-hybridized carbons (Fsp3) is 0. The number of fused-ring (bicyclic) bond motifs is 1. The quantitative estimate of drug-likeness (QED) is 0.206. The van der Waals surface area contributed by atoms with E-state index < -0.39 is 49.8 Å². The van der Waals surface area contributed by atoms with Crippen molar-refractivity contribution in [3.63, 3.8) is 0 Å². The summed E-state index contributed by atoms with van der Waals surface area (Å²) in [7, 11) is -4.79. The van der Waals surface area contributed by atoms with E-state index in [0.29, 0.717) is 0 Å². The summed E-state index contributed by atoms with van der Waals surface area (Å²) in [6, 6.07) is 2.96. The number of carbonyl (C=O) groups excluding carboxylic acids is 1. The number of azo groups is 1. The van der Waals surface area contributed by atoms with Crippen molar-refractivity contribution in [1.82, 2.24) is 20.2 Å². The summed E-state index contributed by atoms with van der Waals surface area (Å²) < 4.78 is 33.3. The van der Waals surface area contributed by atoms with Crippen molar-refractivity contribution in [1.29, 1.82) is 0 Å². The average Bonchev–Trinajstić information content (AvgIpc) is 3.02. The Balaban J connectivity index is 0.00000196. The van der Waals surface area contributed by atoms with Crippen LogP contribution in [-0.4, -0.2) is 44.2 Å². The summed E-state index contributed by atoms with van der Waals surface area (Å²) in [6.45, 7) is 0. The molecule has 3 aromatic rings. The second-order valence-electron chi connectivity index (χ2n) is 4.78. The fourth-order valence-corrected chi connectivity index (χ4v) is 2.47. The van der Waals surface area contributed by atoms with Crippen molar-refractivity contribution in [2.45, 2.75) is 4.90 Å². The summed E-state index contributed by atoms with van der Waals surface area (Å²) in [5, 5.41) is 32.8. The number of aromatic nitrogens is 4. The average molecular weight is 424 g/mol. The van der Waals surface area contributed by atoms with Crippen molar-refractivity contribution in [3.05, 3.63) is 34.4 Å². The molecular weight excluding hydrogens is 418 g/mol. The Morgan fingerprint density at radius 1 is 1.21 bits per heavy atom. The number of aromatic carboxylic acids is 1. The van der Waals surface area contributed by atoms with Crippen LogP contribution in [0.1, 0.15) is 10.6 Å². The molecule has 13 nitrogen and oxygen atoms in total.